The van der Waals surface area contributed by atoms with Gasteiger partial charge in [0.15, 0.2) is 0 Å². The van der Waals surface area contributed by atoms with Gasteiger partial charge < -0.3 is 9.84 Å². The molecule has 2 fully saturated rings. The van der Waals surface area contributed by atoms with E-state index in [4.69, 9.17) is 4.74 Å². The summed E-state index contributed by atoms with van der Waals surface area (Å²) in [4.78, 5) is 0. The van der Waals surface area contributed by atoms with Gasteiger partial charge in [-0.15, -0.1) is 0 Å². The highest BCUT2D eigenvalue weighted by Gasteiger charge is 2.23. The molecular formula is C15H28O2. The summed E-state index contributed by atoms with van der Waals surface area (Å²) in [6.07, 6.45) is 13.7. The van der Waals surface area contributed by atoms with Gasteiger partial charge in [-0.2, -0.15) is 0 Å². The Morgan fingerprint density at radius 1 is 0.765 bits per heavy atom. The molecule has 0 heterocycles. The van der Waals surface area contributed by atoms with Gasteiger partial charge in [-0.3, -0.25) is 0 Å². The lowest BCUT2D eigenvalue weighted by Gasteiger charge is -2.29. The molecule has 0 aliphatic heterocycles. The van der Waals surface area contributed by atoms with E-state index in [2.05, 4.69) is 0 Å². The molecule has 0 saturated heterocycles. The van der Waals surface area contributed by atoms with E-state index in [0.717, 1.165) is 25.4 Å². The maximum absolute atomic E-state index is 10.1. The molecule has 2 nitrogen and oxygen atoms in total. The van der Waals surface area contributed by atoms with Crippen LogP contribution in [0.5, 0.6) is 0 Å². The quantitative estimate of drug-likeness (QED) is 0.815. The van der Waals surface area contributed by atoms with E-state index in [0.29, 0.717) is 0 Å². The van der Waals surface area contributed by atoms with Gasteiger partial charge >= 0.3 is 0 Å². The zero-order valence-electron chi connectivity index (χ0n) is 11.1. The van der Waals surface area contributed by atoms with Crippen LogP contribution in [0, 0.1) is 5.92 Å². The van der Waals surface area contributed by atoms with Crippen molar-refractivity contribution in [1.29, 1.82) is 0 Å². The Hall–Kier alpha value is -0.0800. The lowest BCUT2D eigenvalue weighted by Crippen LogP contribution is -2.32. The largest absolute Gasteiger partial charge is 0.390 e. The van der Waals surface area contributed by atoms with Gasteiger partial charge in [-0.1, -0.05) is 44.9 Å². The normalized spacial score (nSPS) is 33.0. The molecule has 2 aliphatic rings. The van der Waals surface area contributed by atoms with Crippen LogP contribution >= 0.6 is 0 Å². The van der Waals surface area contributed by atoms with Gasteiger partial charge in [0, 0.05) is 6.61 Å². The van der Waals surface area contributed by atoms with Crippen molar-refractivity contribution in [1.82, 2.24) is 0 Å². The van der Waals surface area contributed by atoms with Crippen molar-refractivity contribution in [3.8, 4) is 0 Å². The molecule has 2 atom stereocenters. The fourth-order valence-electron chi connectivity index (χ4n) is 3.24. The maximum atomic E-state index is 10.1. The molecule has 17 heavy (non-hydrogen) atoms. The minimum absolute atomic E-state index is 0.122. The van der Waals surface area contributed by atoms with Crippen LogP contribution in [-0.4, -0.2) is 23.9 Å². The van der Waals surface area contributed by atoms with Crippen molar-refractivity contribution in [2.24, 2.45) is 5.92 Å². The van der Waals surface area contributed by atoms with Crippen LogP contribution in [0.25, 0.3) is 0 Å². The van der Waals surface area contributed by atoms with Crippen molar-refractivity contribution in [2.75, 3.05) is 6.61 Å². The Labute approximate surface area is 106 Å². The van der Waals surface area contributed by atoms with Crippen LogP contribution in [0.2, 0.25) is 0 Å². The third kappa shape index (κ3) is 4.59. The number of rotatable bonds is 3. The first-order valence-electron chi connectivity index (χ1n) is 7.66. The summed E-state index contributed by atoms with van der Waals surface area (Å²) in [5.74, 6) is 0.765. The summed E-state index contributed by atoms with van der Waals surface area (Å²) in [5, 5.41) is 10.1. The molecule has 2 heteroatoms. The summed E-state index contributed by atoms with van der Waals surface area (Å²) in [7, 11) is 0. The summed E-state index contributed by atoms with van der Waals surface area (Å²) in [6.45, 7) is 0.891. The van der Waals surface area contributed by atoms with Gasteiger partial charge in [-0.05, 0) is 31.6 Å². The van der Waals surface area contributed by atoms with Gasteiger partial charge in [0.2, 0.25) is 0 Å². The van der Waals surface area contributed by atoms with Crippen molar-refractivity contribution in [3.05, 3.63) is 0 Å². The SMILES string of the molecule is OC1CCCCCCC1OCC1CCCCC1. The molecule has 2 rings (SSSR count). The fraction of sp³-hybridized carbons (Fsp3) is 1.00. The van der Waals surface area contributed by atoms with E-state index in [1.54, 1.807) is 0 Å². The van der Waals surface area contributed by atoms with Crippen molar-refractivity contribution in [2.45, 2.75) is 82.8 Å². The van der Waals surface area contributed by atoms with Crippen LogP contribution in [0.15, 0.2) is 0 Å². The summed E-state index contributed by atoms with van der Waals surface area (Å²) in [6, 6.07) is 0. The molecule has 0 aromatic carbocycles. The number of aliphatic hydroxyl groups is 1. The number of ether oxygens (including phenoxy) is 1. The van der Waals surface area contributed by atoms with E-state index in [9.17, 15) is 5.11 Å². The third-order valence-electron chi connectivity index (χ3n) is 4.44. The van der Waals surface area contributed by atoms with Crippen LogP contribution in [-0.2, 0) is 4.74 Å². The molecule has 0 radical (unpaired) electrons. The average Bonchev–Trinajstić information content (AvgIpc) is 2.35. The summed E-state index contributed by atoms with van der Waals surface area (Å²) in [5.41, 5.74) is 0. The Bertz CT molecular complexity index is 199. The zero-order chi connectivity index (χ0) is 11.9. The molecule has 100 valence electrons. The second kappa shape index (κ2) is 7.38. The minimum Gasteiger partial charge on any atom is -0.390 e. The van der Waals surface area contributed by atoms with Crippen LogP contribution in [0.3, 0.4) is 0 Å². The smallest absolute Gasteiger partial charge is 0.0834 e. The molecule has 0 spiro atoms. The highest BCUT2D eigenvalue weighted by molar-refractivity contribution is 4.73. The predicted molar refractivity (Wildman–Crippen MR) is 70.0 cm³/mol. The molecule has 1 N–H and O–H groups in total. The van der Waals surface area contributed by atoms with E-state index in [1.165, 1.54) is 57.8 Å². The second-order valence-electron chi connectivity index (χ2n) is 5.93. The Kier molecular flexibility index (Phi) is 5.79. The van der Waals surface area contributed by atoms with E-state index >= 15 is 0 Å². The lowest BCUT2D eigenvalue weighted by atomic mass is 9.90. The summed E-state index contributed by atoms with van der Waals surface area (Å²) < 4.78 is 6.02. The Morgan fingerprint density at radius 2 is 1.35 bits per heavy atom. The van der Waals surface area contributed by atoms with Gasteiger partial charge in [0.05, 0.1) is 12.2 Å². The molecule has 2 saturated carbocycles. The number of aliphatic hydroxyl groups excluding tert-OH is 1. The topological polar surface area (TPSA) is 29.5 Å². The lowest BCUT2D eigenvalue weighted by molar-refractivity contribution is -0.0634. The minimum atomic E-state index is -0.209. The molecule has 0 amide bonds. The Balaban J connectivity index is 1.71. The Morgan fingerprint density at radius 3 is 2.12 bits per heavy atom. The van der Waals surface area contributed by atoms with Gasteiger partial charge in [0.25, 0.3) is 0 Å². The fourth-order valence-corrected chi connectivity index (χ4v) is 3.24. The first-order chi connectivity index (χ1) is 8.36. The average molecular weight is 240 g/mol. The summed E-state index contributed by atoms with van der Waals surface area (Å²) >= 11 is 0. The zero-order valence-corrected chi connectivity index (χ0v) is 11.1. The molecule has 0 aromatic heterocycles. The van der Waals surface area contributed by atoms with Crippen molar-refractivity contribution in [3.63, 3.8) is 0 Å². The van der Waals surface area contributed by atoms with Crippen LogP contribution < -0.4 is 0 Å². The number of hydrogen-bond donors (Lipinski definition) is 1. The maximum Gasteiger partial charge on any atom is 0.0834 e. The highest BCUT2D eigenvalue weighted by atomic mass is 16.5. The van der Waals surface area contributed by atoms with Crippen molar-refractivity contribution < 1.29 is 9.84 Å². The first-order valence-corrected chi connectivity index (χ1v) is 7.66. The highest BCUT2D eigenvalue weighted by Crippen LogP contribution is 2.26. The van der Waals surface area contributed by atoms with Crippen LogP contribution in [0.1, 0.15) is 70.6 Å². The van der Waals surface area contributed by atoms with Gasteiger partial charge in [0.1, 0.15) is 0 Å². The second-order valence-corrected chi connectivity index (χ2v) is 5.93. The third-order valence-corrected chi connectivity index (χ3v) is 4.44. The molecule has 2 unspecified atom stereocenters. The van der Waals surface area contributed by atoms with E-state index in [-0.39, 0.29) is 12.2 Å². The molecular weight excluding hydrogens is 212 g/mol. The number of hydrogen-bond acceptors (Lipinski definition) is 2. The first kappa shape index (κ1) is 13.4. The standard InChI is InChI=1S/C15H28O2/c16-14-10-6-1-2-7-11-15(14)17-12-13-8-4-3-5-9-13/h13-16H,1-12H2. The predicted octanol–water partition coefficient (Wildman–Crippen LogP) is 3.67. The molecule has 0 aromatic rings. The van der Waals surface area contributed by atoms with Crippen LogP contribution in [0.4, 0.5) is 0 Å². The molecule has 2 aliphatic carbocycles. The monoisotopic (exact) mass is 240 g/mol. The van der Waals surface area contributed by atoms with E-state index < -0.39 is 0 Å². The van der Waals surface area contributed by atoms with Gasteiger partial charge in [-0.25, -0.2) is 0 Å². The van der Waals surface area contributed by atoms with E-state index in [1.807, 2.05) is 0 Å². The van der Waals surface area contributed by atoms with Crippen molar-refractivity contribution >= 4 is 0 Å². The molecule has 0 bridgehead atoms.